The summed E-state index contributed by atoms with van der Waals surface area (Å²) in [5.41, 5.74) is 2.87. The second-order valence-corrected chi connectivity index (χ2v) is 11.4. The zero-order chi connectivity index (χ0) is 24.3. The third-order valence-electron chi connectivity index (χ3n) is 6.93. The fourth-order valence-electron chi connectivity index (χ4n) is 5.04. The Morgan fingerprint density at radius 2 is 1.40 bits per heavy atom. The summed E-state index contributed by atoms with van der Waals surface area (Å²) in [6.45, 7) is 1.63. The summed E-state index contributed by atoms with van der Waals surface area (Å²) in [7, 11) is -3.56. The van der Waals surface area contributed by atoms with Gasteiger partial charge in [-0.05, 0) is 42.4 Å². The highest BCUT2D eigenvalue weighted by molar-refractivity contribution is 7.90. The molecule has 0 bridgehead atoms. The minimum Gasteiger partial charge on any atom is -0.341 e. The lowest BCUT2D eigenvalue weighted by Gasteiger charge is -2.32. The molecule has 3 aromatic carbocycles. The molecule has 0 saturated carbocycles. The number of carbonyl (C=O) groups is 1. The SMILES string of the molecule is O=C(Cn1cc(S(=O)(=O)Cc2ccccc2)c2ccccc21)N1CCC(Cc2ccccc2)CC1. The van der Waals surface area contributed by atoms with E-state index in [1.807, 2.05) is 65.6 Å². The number of likely N-dealkylation sites (tertiary alicyclic amines) is 1. The van der Waals surface area contributed by atoms with E-state index in [1.165, 1.54) is 5.56 Å². The predicted molar refractivity (Wildman–Crippen MR) is 139 cm³/mol. The summed E-state index contributed by atoms with van der Waals surface area (Å²) in [5, 5.41) is 0.665. The number of sulfone groups is 1. The molecule has 0 spiro atoms. The summed E-state index contributed by atoms with van der Waals surface area (Å²) in [6, 6.07) is 27.1. The Balaban J connectivity index is 1.30. The molecule has 1 saturated heterocycles. The maximum absolute atomic E-state index is 13.3. The number of aromatic nitrogens is 1. The Bertz CT molecular complexity index is 1400. The summed E-state index contributed by atoms with van der Waals surface area (Å²) < 4.78 is 28.4. The van der Waals surface area contributed by atoms with Gasteiger partial charge in [0.2, 0.25) is 5.91 Å². The molecular formula is C29H30N2O3S. The van der Waals surface area contributed by atoms with Gasteiger partial charge in [0.15, 0.2) is 9.84 Å². The lowest BCUT2D eigenvalue weighted by Crippen LogP contribution is -2.40. The number of benzene rings is 3. The van der Waals surface area contributed by atoms with Crippen LogP contribution in [0.1, 0.15) is 24.0 Å². The number of rotatable bonds is 7. The zero-order valence-electron chi connectivity index (χ0n) is 19.7. The average molecular weight is 487 g/mol. The molecule has 1 aliphatic heterocycles. The average Bonchev–Trinajstić information content (AvgIpc) is 3.25. The van der Waals surface area contributed by atoms with Crippen molar-refractivity contribution in [2.45, 2.75) is 36.5 Å². The molecule has 5 rings (SSSR count). The van der Waals surface area contributed by atoms with Gasteiger partial charge >= 0.3 is 0 Å². The highest BCUT2D eigenvalue weighted by Gasteiger charge is 2.26. The van der Waals surface area contributed by atoms with Crippen molar-refractivity contribution in [2.75, 3.05) is 13.1 Å². The summed E-state index contributed by atoms with van der Waals surface area (Å²) >= 11 is 0. The number of piperidine rings is 1. The van der Waals surface area contributed by atoms with Gasteiger partial charge in [-0.3, -0.25) is 4.79 Å². The van der Waals surface area contributed by atoms with Crippen LogP contribution in [-0.2, 0) is 33.4 Å². The van der Waals surface area contributed by atoms with Gasteiger partial charge in [0.05, 0.1) is 10.6 Å². The molecule has 180 valence electrons. The van der Waals surface area contributed by atoms with Crippen molar-refractivity contribution in [3.63, 3.8) is 0 Å². The van der Waals surface area contributed by atoms with Gasteiger partial charge < -0.3 is 9.47 Å². The maximum atomic E-state index is 13.3. The standard InChI is InChI=1S/C29H30N2O3S/c32-29(30-17-15-24(16-18-30)19-23-9-3-1-4-10-23)21-31-20-28(26-13-7-8-14-27(26)31)35(33,34)22-25-11-5-2-6-12-25/h1-14,20,24H,15-19,21-22H2. The Morgan fingerprint density at radius 1 is 0.800 bits per heavy atom. The van der Waals surface area contributed by atoms with Crippen molar-refractivity contribution in [1.82, 2.24) is 9.47 Å². The van der Waals surface area contributed by atoms with Crippen LogP contribution in [0.25, 0.3) is 10.9 Å². The molecule has 5 nitrogen and oxygen atoms in total. The van der Waals surface area contributed by atoms with E-state index in [-0.39, 0.29) is 23.1 Å². The second-order valence-electron chi connectivity index (χ2n) is 9.40. The Kier molecular flexibility index (Phi) is 6.73. The van der Waals surface area contributed by atoms with Gasteiger partial charge in [-0.25, -0.2) is 8.42 Å². The first-order valence-electron chi connectivity index (χ1n) is 12.2. The van der Waals surface area contributed by atoms with E-state index in [9.17, 15) is 13.2 Å². The van der Waals surface area contributed by atoms with Crippen LogP contribution in [0.4, 0.5) is 0 Å². The van der Waals surface area contributed by atoms with E-state index in [1.54, 1.807) is 10.8 Å². The Labute approximate surface area is 206 Å². The minimum absolute atomic E-state index is 0.0379. The molecule has 1 aromatic heterocycles. The fourth-order valence-corrected chi connectivity index (χ4v) is 6.63. The Morgan fingerprint density at radius 3 is 2.09 bits per heavy atom. The molecule has 1 fully saturated rings. The van der Waals surface area contributed by atoms with Gasteiger partial charge in [0, 0.05) is 30.2 Å². The van der Waals surface area contributed by atoms with Crippen molar-refractivity contribution in [3.05, 3.63) is 102 Å². The van der Waals surface area contributed by atoms with Gasteiger partial charge in [-0.1, -0.05) is 78.9 Å². The number of nitrogens with zero attached hydrogens (tertiary/aromatic N) is 2. The number of hydrogen-bond acceptors (Lipinski definition) is 3. The summed E-state index contributed by atoms with van der Waals surface area (Å²) in [6.07, 6.45) is 4.67. The van der Waals surface area contributed by atoms with E-state index >= 15 is 0 Å². The van der Waals surface area contributed by atoms with Gasteiger partial charge in [-0.2, -0.15) is 0 Å². The molecule has 6 heteroatoms. The molecule has 0 aliphatic carbocycles. The van der Waals surface area contributed by atoms with Crippen LogP contribution in [-0.4, -0.2) is 36.9 Å². The number of para-hydroxylation sites is 1. The first kappa shape index (κ1) is 23.4. The monoisotopic (exact) mass is 486 g/mol. The quantitative estimate of drug-likeness (QED) is 0.365. The number of carbonyl (C=O) groups excluding carboxylic acids is 1. The van der Waals surface area contributed by atoms with Crippen LogP contribution in [0.5, 0.6) is 0 Å². The van der Waals surface area contributed by atoms with Crippen LogP contribution in [0.3, 0.4) is 0 Å². The molecule has 2 heterocycles. The van der Waals surface area contributed by atoms with Gasteiger partial charge in [0.25, 0.3) is 0 Å². The maximum Gasteiger partial charge on any atom is 0.242 e. The molecule has 0 N–H and O–H groups in total. The van der Waals surface area contributed by atoms with Crippen molar-refractivity contribution >= 4 is 26.6 Å². The van der Waals surface area contributed by atoms with Gasteiger partial charge in [0.1, 0.15) is 6.54 Å². The normalized spacial score (nSPS) is 14.9. The minimum atomic E-state index is -3.56. The number of amides is 1. The lowest BCUT2D eigenvalue weighted by molar-refractivity contribution is -0.133. The first-order chi connectivity index (χ1) is 17.0. The van der Waals surface area contributed by atoms with Crippen LogP contribution in [0.15, 0.2) is 96.0 Å². The topological polar surface area (TPSA) is 59.4 Å². The van der Waals surface area contributed by atoms with E-state index in [0.717, 1.165) is 43.4 Å². The van der Waals surface area contributed by atoms with Crippen LogP contribution in [0, 0.1) is 5.92 Å². The van der Waals surface area contributed by atoms with E-state index in [0.29, 0.717) is 11.3 Å². The smallest absolute Gasteiger partial charge is 0.242 e. The number of fused-ring (bicyclic) bond motifs is 1. The largest absolute Gasteiger partial charge is 0.341 e. The lowest BCUT2D eigenvalue weighted by atomic mass is 9.90. The van der Waals surface area contributed by atoms with Crippen LogP contribution in [0.2, 0.25) is 0 Å². The zero-order valence-corrected chi connectivity index (χ0v) is 20.5. The first-order valence-corrected chi connectivity index (χ1v) is 13.8. The van der Waals surface area contributed by atoms with Crippen molar-refractivity contribution in [1.29, 1.82) is 0 Å². The Hall–Kier alpha value is -3.38. The highest BCUT2D eigenvalue weighted by Crippen LogP contribution is 2.29. The van der Waals surface area contributed by atoms with Crippen molar-refractivity contribution < 1.29 is 13.2 Å². The molecule has 35 heavy (non-hydrogen) atoms. The fraction of sp³-hybridized carbons (Fsp3) is 0.276. The van der Waals surface area contributed by atoms with Gasteiger partial charge in [-0.15, -0.1) is 0 Å². The van der Waals surface area contributed by atoms with Crippen LogP contribution < -0.4 is 0 Å². The molecular weight excluding hydrogens is 456 g/mol. The third-order valence-corrected chi connectivity index (χ3v) is 8.64. The molecule has 0 radical (unpaired) electrons. The van der Waals surface area contributed by atoms with E-state index in [4.69, 9.17) is 0 Å². The second kappa shape index (κ2) is 10.1. The van der Waals surface area contributed by atoms with Crippen molar-refractivity contribution in [2.24, 2.45) is 5.92 Å². The highest BCUT2D eigenvalue weighted by atomic mass is 32.2. The summed E-state index contributed by atoms with van der Waals surface area (Å²) in [5.74, 6) is 0.560. The molecule has 0 unspecified atom stereocenters. The van der Waals surface area contributed by atoms with E-state index < -0.39 is 9.84 Å². The molecule has 1 amide bonds. The third kappa shape index (κ3) is 5.33. The van der Waals surface area contributed by atoms with E-state index in [2.05, 4.69) is 24.3 Å². The molecule has 0 atom stereocenters. The predicted octanol–water partition coefficient (Wildman–Crippen LogP) is 5.10. The van der Waals surface area contributed by atoms with Crippen molar-refractivity contribution in [3.8, 4) is 0 Å². The number of hydrogen-bond donors (Lipinski definition) is 0. The molecule has 1 aliphatic rings. The summed E-state index contributed by atoms with van der Waals surface area (Å²) in [4.78, 5) is 15.4. The molecule has 4 aromatic rings. The van der Waals surface area contributed by atoms with Crippen LogP contribution >= 0.6 is 0 Å².